The van der Waals surface area contributed by atoms with E-state index in [4.69, 9.17) is 0 Å². The van der Waals surface area contributed by atoms with Gasteiger partial charge in [-0.1, -0.05) is 18.2 Å². The SMILES string of the molecule is CCN(C(=O)c1cc(=O)[nH]c2ccccc12)C1CCS(=O)(=O)C1. The number of amides is 1. The van der Waals surface area contributed by atoms with Crippen LogP contribution in [0, 0.1) is 0 Å². The molecule has 7 heteroatoms. The lowest BCUT2D eigenvalue weighted by molar-refractivity contribution is 0.0710. The van der Waals surface area contributed by atoms with Gasteiger partial charge in [-0.3, -0.25) is 9.59 Å². The summed E-state index contributed by atoms with van der Waals surface area (Å²) in [6.45, 7) is 2.22. The number of sulfone groups is 1. The largest absolute Gasteiger partial charge is 0.335 e. The number of aromatic nitrogens is 1. The molecular weight excluding hydrogens is 316 g/mol. The quantitative estimate of drug-likeness (QED) is 0.913. The predicted octanol–water partition coefficient (Wildman–Crippen LogP) is 1.18. The van der Waals surface area contributed by atoms with Crippen LogP contribution in [0.25, 0.3) is 10.9 Å². The number of para-hydroxylation sites is 1. The van der Waals surface area contributed by atoms with E-state index in [1.165, 1.54) is 6.07 Å². The number of pyridine rings is 1. The summed E-state index contributed by atoms with van der Waals surface area (Å²) in [5.41, 5.74) is 0.566. The molecule has 1 aliphatic rings. The zero-order valence-electron chi connectivity index (χ0n) is 12.8. The van der Waals surface area contributed by atoms with Crippen LogP contribution in [-0.2, 0) is 9.84 Å². The fourth-order valence-corrected chi connectivity index (χ4v) is 4.86. The summed E-state index contributed by atoms with van der Waals surface area (Å²) in [5, 5.41) is 0.663. The molecule has 0 aliphatic carbocycles. The number of nitrogens with zero attached hydrogens (tertiary/aromatic N) is 1. The van der Waals surface area contributed by atoms with Crippen molar-refractivity contribution < 1.29 is 13.2 Å². The molecule has 2 heterocycles. The van der Waals surface area contributed by atoms with Gasteiger partial charge in [0, 0.05) is 29.6 Å². The highest BCUT2D eigenvalue weighted by atomic mass is 32.2. The number of aromatic amines is 1. The molecule has 0 radical (unpaired) electrons. The van der Waals surface area contributed by atoms with Crippen molar-refractivity contribution in [3.63, 3.8) is 0 Å². The van der Waals surface area contributed by atoms with Crippen molar-refractivity contribution in [2.75, 3.05) is 18.1 Å². The van der Waals surface area contributed by atoms with Gasteiger partial charge < -0.3 is 9.88 Å². The first-order valence-corrected chi connectivity index (χ1v) is 9.37. The Labute approximate surface area is 134 Å². The summed E-state index contributed by atoms with van der Waals surface area (Å²) in [5.74, 6) is -0.192. The van der Waals surface area contributed by atoms with Gasteiger partial charge in [0.15, 0.2) is 9.84 Å². The summed E-state index contributed by atoms with van der Waals surface area (Å²) in [4.78, 5) is 29.0. The fourth-order valence-electron chi connectivity index (χ4n) is 3.13. The average molecular weight is 334 g/mol. The van der Waals surface area contributed by atoms with Crippen molar-refractivity contribution in [3.05, 3.63) is 46.2 Å². The van der Waals surface area contributed by atoms with Gasteiger partial charge in [0.2, 0.25) is 5.56 Å². The Kier molecular flexibility index (Phi) is 3.97. The minimum Gasteiger partial charge on any atom is -0.335 e. The standard InChI is InChI=1S/C16H18N2O4S/c1-2-18(11-7-8-23(21,22)10-11)16(20)13-9-15(19)17-14-6-4-3-5-12(13)14/h3-6,9,11H,2,7-8,10H2,1H3,(H,17,19). The molecule has 6 nitrogen and oxygen atoms in total. The molecule has 1 aromatic heterocycles. The first kappa shape index (κ1) is 15.7. The third-order valence-corrected chi connectivity index (χ3v) is 5.98. The molecule has 1 saturated heterocycles. The van der Waals surface area contributed by atoms with E-state index in [0.29, 0.717) is 29.4 Å². The van der Waals surface area contributed by atoms with Crippen LogP contribution >= 0.6 is 0 Å². The highest BCUT2D eigenvalue weighted by Crippen LogP contribution is 2.22. The normalized spacial score (nSPS) is 19.8. The minimum atomic E-state index is -3.08. The van der Waals surface area contributed by atoms with Crippen molar-refractivity contribution in [2.24, 2.45) is 0 Å². The van der Waals surface area contributed by atoms with Crippen LogP contribution in [0.5, 0.6) is 0 Å². The van der Waals surface area contributed by atoms with Gasteiger partial charge in [-0.25, -0.2) is 8.42 Å². The van der Waals surface area contributed by atoms with Crippen LogP contribution in [-0.4, -0.2) is 48.3 Å². The molecule has 1 atom stereocenters. The van der Waals surface area contributed by atoms with Crippen molar-refractivity contribution in [1.82, 2.24) is 9.88 Å². The van der Waals surface area contributed by atoms with Gasteiger partial charge in [-0.2, -0.15) is 0 Å². The third-order valence-electron chi connectivity index (χ3n) is 4.23. The Morgan fingerprint density at radius 3 is 2.74 bits per heavy atom. The number of fused-ring (bicyclic) bond motifs is 1. The Bertz CT molecular complexity index is 917. The van der Waals surface area contributed by atoms with E-state index >= 15 is 0 Å². The van der Waals surface area contributed by atoms with Gasteiger partial charge in [-0.05, 0) is 19.4 Å². The molecule has 0 bridgehead atoms. The summed E-state index contributed by atoms with van der Waals surface area (Å²) in [7, 11) is -3.08. The van der Waals surface area contributed by atoms with Crippen LogP contribution in [0.4, 0.5) is 0 Å². The number of benzene rings is 1. The van der Waals surface area contributed by atoms with E-state index < -0.39 is 9.84 Å². The Hall–Kier alpha value is -2.15. The highest BCUT2D eigenvalue weighted by Gasteiger charge is 2.34. The summed E-state index contributed by atoms with van der Waals surface area (Å²) in [6, 6.07) is 8.07. The van der Waals surface area contributed by atoms with Gasteiger partial charge in [-0.15, -0.1) is 0 Å². The number of hydrogen-bond donors (Lipinski definition) is 1. The topological polar surface area (TPSA) is 87.3 Å². The lowest BCUT2D eigenvalue weighted by Crippen LogP contribution is -2.41. The first-order chi connectivity index (χ1) is 10.9. The number of carbonyl (C=O) groups is 1. The van der Waals surface area contributed by atoms with Crippen LogP contribution in [0.3, 0.4) is 0 Å². The molecule has 0 saturated carbocycles. The number of hydrogen-bond acceptors (Lipinski definition) is 4. The van der Waals surface area contributed by atoms with Crippen LogP contribution in [0.15, 0.2) is 35.1 Å². The Morgan fingerprint density at radius 1 is 1.35 bits per heavy atom. The van der Waals surface area contributed by atoms with Crippen molar-refractivity contribution in [1.29, 1.82) is 0 Å². The number of H-pyrrole nitrogens is 1. The zero-order chi connectivity index (χ0) is 16.6. The van der Waals surface area contributed by atoms with Gasteiger partial charge in [0.25, 0.3) is 5.91 Å². The lowest BCUT2D eigenvalue weighted by Gasteiger charge is -2.27. The molecule has 122 valence electrons. The molecule has 2 aromatic rings. The second kappa shape index (κ2) is 5.81. The average Bonchev–Trinajstić information content (AvgIpc) is 2.86. The third kappa shape index (κ3) is 3.01. The van der Waals surface area contributed by atoms with E-state index in [1.54, 1.807) is 29.2 Å². The van der Waals surface area contributed by atoms with Crippen LogP contribution in [0.1, 0.15) is 23.7 Å². The van der Waals surface area contributed by atoms with Crippen molar-refractivity contribution in [2.45, 2.75) is 19.4 Å². The van der Waals surface area contributed by atoms with Crippen LogP contribution < -0.4 is 5.56 Å². The highest BCUT2D eigenvalue weighted by molar-refractivity contribution is 7.91. The number of rotatable bonds is 3. The van der Waals surface area contributed by atoms with Crippen molar-refractivity contribution >= 4 is 26.6 Å². The Morgan fingerprint density at radius 2 is 2.09 bits per heavy atom. The number of carbonyl (C=O) groups excluding carboxylic acids is 1. The molecule has 3 rings (SSSR count). The van der Waals surface area contributed by atoms with E-state index in [-0.39, 0.29) is 29.0 Å². The lowest BCUT2D eigenvalue weighted by atomic mass is 10.1. The first-order valence-electron chi connectivity index (χ1n) is 7.55. The summed E-state index contributed by atoms with van der Waals surface area (Å²) < 4.78 is 23.4. The predicted molar refractivity (Wildman–Crippen MR) is 88.3 cm³/mol. The molecule has 23 heavy (non-hydrogen) atoms. The molecule has 0 spiro atoms. The molecule has 1 aliphatic heterocycles. The molecule has 1 unspecified atom stereocenters. The molecule has 1 amide bonds. The maximum Gasteiger partial charge on any atom is 0.255 e. The molecule has 1 aromatic carbocycles. The molecule has 1 N–H and O–H groups in total. The number of nitrogens with one attached hydrogen (secondary N) is 1. The zero-order valence-corrected chi connectivity index (χ0v) is 13.6. The smallest absolute Gasteiger partial charge is 0.255 e. The van der Waals surface area contributed by atoms with Gasteiger partial charge >= 0.3 is 0 Å². The Balaban J connectivity index is 2.04. The van der Waals surface area contributed by atoms with Crippen molar-refractivity contribution in [3.8, 4) is 0 Å². The maximum atomic E-state index is 12.9. The fraction of sp³-hybridized carbons (Fsp3) is 0.375. The summed E-state index contributed by atoms with van der Waals surface area (Å²) in [6.07, 6.45) is 0.447. The van der Waals surface area contributed by atoms with E-state index in [1.807, 2.05) is 6.92 Å². The minimum absolute atomic E-state index is 0.00625. The second-order valence-corrected chi connectivity index (χ2v) is 7.97. The monoisotopic (exact) mass is 334 g/mol. The van der Waals surface area contributed by atoms with Gasteiger partial charge in [0.1, 0.15) is 0 Å². The second-order valence-electron chi connectivity index (χ2n) is 5.74. The van der Waals surface area contributed by atoms with Crippen LogP contribution in [0.2, 0.25) is 0 Å². The van der Waals surface area contributed by atoms with E-state index in [0.717, 1.165) is 0 Å². The molecule has 1 fully saturated rings. The summed E-state index contributed by atoms with van der Waals surface area (Å²) >= 11 is 0. The molecular formula is C16H18N2O4S. The van der Waals surface area contributed by atoms with E-state index in [2.05, 4.69) is 4.98 Å². The maximum absolute atomic E-state index is 12.9. The van der Waals surface area contributed by atoms with Gasteiger partial charge in [0.05, 0.1) is 17.1 Å². The van der Waals surface area contributed by atoms with E-state index in [9.17, 15) is 18.0 Å².